The lowest BCUT2D eigenvalue weighted by Gasteiger charge is -2.32. The highest BCUT2D eigenvalue weighted by molar-refractivity contribution is 6.30. The highest BCUT2D eigenvalue weighted by atomic mass is 35.5. The number of hydrogen-bond donors (Lipinski definition) is 1. The van der Waals surface area contributed by atoms with Gasteiger partial charge in [0.15, 0.2) is 0 Å². The smallest absolute Gasteiger partial charge is 0.253 e. The Morgan fingerprint density at radius 3 is 2.30 bits per heavy atom. The first-order chi connectivity index (χ1) is 14.6. The zero-order valence-electron chi connectivity index (χ0n) is 16.3. The van der Waals surface area contributed by atoms with Gasteiger partial charge in [0.25, 0.3) is 11.8 Å². The van der Waals surface area contributed by atoms with Crippen LogP contribution in [0.3, 0.4) is 0 Å². The summed E-state index contributed by atoms with van der Waals surface area (Å²) in [4.78, 5) is 35.1. The summed E-state index contributed by atoms with van der Waals surface area (Å²) in [6.07, 6.45) is 6.41. The standard InChI is InChI=1S/C23H21ClN4O2/c24-20-3-1-2-18(12-20)22(29)27-21-8-10-28(11-9-21)23(30)17-6-4-16(5-7-17)19-13-25-15-26-14-19/h1-7,12-15,21H,8-11H2,(H,27,29). The zero-order chi connectivity index (χ0) is 20.9. The van der Waals surface area contributed by atoms with Gasteiger partial charge in [-0.1, -0.05) is 29.8 Å². The monoisotopic (exact) mass is 420 g/mol. The van der Waals surface area contributed by atoms with Crippen LogP contribution in [0.15, 0.2) is 67.3 Å². The molecule has 0 spiro atoms. The number of benzene rings is 2. The quantitative estimate of drug-likeness (QED) is 0.696. The first-order valence-corrected chi connectivity index (χ1v) is 10.2. The Morgan fingerprint density at radius 2 is 1.63 bits per heavy atom. The van der Waals surface area contributed by atoms with E-state index in [2.05, 4.69) is 15.3 Å². The molecule has 152 valence electrons. The fraction of sp³-hybridized carbons (Fsp3) is 0.217. The molecule has 6 nitrogen and oxygen atoms in total. The van der Waals surface area contributed by atoms with Crippen molar-refractivity contribution < 1.29 is 9.59 Å². The van der Waals surface area contributed by atoms with E-state index >= 15 is 0 Å². The van der Waals surface area contributed by atoms with Crippen molar-refractivity contribution in [3.63, 3.8) is 0 Å². The Bertz CT molecular complexity index is 1030. The summed E-state index contributed by atoms with van der Waals surface area (Å²) in [6.45, 7) is 1.21. The van der Waals surface area contributed by atoms with E-state index in [0.717, 1.165) is 24.0 Å². The molecule has 2 amide bonds. The molecular weight excluding hydrogens is 400 g/mol. The lowest BCUT2D eigenvalue weighted by Crippen LogP contribution is -2.46. The lowest BCUT2D eigenvalue weighted by atomic mass is 10.0. The number of carbonyl (C=O) groups excluding carboxylic acids is 2. The van der Waals surface area contributed by atoms with Gasteiger partial charge in [-0.3, -0.25) is 9.59 Å². The number of aromatic nitrogens is 2. The summed E-state index contributed by atoms with van der Waals surface area (Å²) in [6, 6.07) is 14.4. The van der Waals surface area contributed by atoms with Crippen LogP contribution in [0.25, 0.3) is 11.1 Å². The molecule has 1 aromatic heterocycles. The van der Waals surface area contributed by atoms with Crippen LogP contribution in [-0.2, 0) is 0 Å². The molecule has 0 saturated carbocycles. The van der Waals surface area contributed by atoms with E-state index in [0.29, 0.717) is 29.2 Å². The van der Waals surface area contributed by atoms with Gasteiger partial charge >= 0.3 is 0 Å². The molecule has 2 heterocycles. The van der Waals surface area contributed by atoms with Gasteiger partial charge in [-0.05, 0) is 48.7 Å². The number of nitrogens with one attached hydrogen (secondary N) is 1. The predicted molar refractivity (Wildman–Crippen MR) is 115 cm³/mol. The Balaban J connectivity index is 1.32. The second kappa shape index (κ2) is 9.05. The van der Waals surface area contributed by atoms with E-state index in [-0.39, 0.29) is 17.9 Å². The van der Waals surface area contributed by atoms with Crippen molar-refractivity contribution in [3.8, 4) is 11.1 Å². The summed E-state index contributed by atoms with van der Waals surface area (Å²) in [5.41, 5.74) is 3.07. The Labute approximate surface area is 179 Å². The van der Waals surface area contributed by atoms with Gasteiger partial charge in [0.2, 0.25) is 0 Å². The number of likely N-dealkylation sites (tertiary alicyclic amines) is 1. The molecule has 0 atom stereocenters. The molecule has 0 bridgehead atoms. The van der Waals surface area contributed by atoms with Gasteiger partial charge in [0.05, 0.1) is 0 Å². The molecule has 4 rings (SSSR count). The molecule has 2 aromatic carbocycles. The highest BCUT2D eigenvalue weighted by Crippen LogP contribution is 2.20. The van der Waals surface area contributed by atoms with E-state index in [1.807, 2.05) is 29.2 Å². The molecule has 3 aromatic rings. The van der Waals surface area contributed by atoms with E-state index in [1.54, 1.807) is 36.7 Å². The third-order valence-corrected chi connectivity index (χ3v) is 5.47. The van der Waals surface area contributed by atoms with E-state index in [4.69, 9.17) is 11.6 Å². The van der Waals surface area contributed by atoms with Gasteiger partial charge in [0.1, 0.15) is 6.33 Å². The largest absolute Gasteiger partial charge is 0.349 e. The minimum absolute atomic E-state index is 0.00507. The van der Waals surface area contributed by atoms with Crippen LogP contribution in [0, 0.1) is 0 Å². The number of carbonyl (C=O) groups is 2. The van der Waals surface area contributed by atoms with Crippen LogP contribution < -0.4 is 5.32 Å². The molecule has 1 N–H and O–H groups in total. The second-order valence-electron chi connectivity index (χ2n) is 7.25. The van der Waals surface area contributed by atoms with Crippen molar-refractivity contribution in [2.24, 2.45) is 0 Å². The highest BCUT2D eigenvalue weighted by Gasteiger charge is 2.25. The SMILES string of the molecule is O=C(NC1CCN(C(=O)c2ccc(-c3cncnc3)cc2)CC1)c1cccc(Cl)c1. The summed E-state index contributed by atoms with van der Waals surface area (Å²) in [7, 11) is 0. The van der Waals surface area contributed by atoms with Crippen LogP contribution >= 0.6 is 11.6 Å². The van der Waals surface area contributed by atoms with Crippen LogP contribution in [0.1, 0.15) is 33.6 Å². The van der Waals surface area contributed by atoms with E-state index in [9.17, 15) is 9.59 Å². The fourth-order valence-corrected chi connectivity index (χ4v) is 3.75. The summed E-state index contributed by atoms with van der Waals surface area (Å²) >= 11 is 5.96. The molecule has 1 aliphatic heterocycles. The normalized spacial score (nSPS) is 14.4. The van der Waals surface area contributed by atoms with Crippen molar-refractivity contribution in [3.05, 3.63) is 83.4 Å². The van der Waals surface area contributed by atoms with Crippen LogP contribution in [-0.4, -0.2) is 45.8 Å². The van der Waals surface area contributed by atoms with E-state index < -0.39 is 0 Å². The van der Waals surface area contributed by atoms with Gasteiger partial charge < -0.3 is 10.2 Å². The Hall–Kier alpha value is -3.25. The Kier molecular flexibility index (Phi) is 6.05. The maximum absolute atomic E-state index is 12.8. The van der Waals surface area contributed by atoms with Crippen molar-refractivity contribution in [2.75, 3.05) is 13.1 Å². The number of piperidine rings is 1. The molecule has 0 unspecified atom stereocenters. The zero-order valence-corrected chi connectivity index (χ0v) is 17.0. The second-order valence-corrected chi connectivity index (χ2v) is 7.69. The first kappa shape index (κ1) is 20.0. The summed E-state index contributed by atoms with van der Waals surface area (Å²) in [5.74, 6) is -0.131. The summed E-state index contributed by atoms with van der Waals surface area (Å²) < 4.78 is 0. The van der Waals surface area contributed by atoms with E-state index in [1.165, 1.54) is 6.33 Å². The number of rotatable bonds is 4. The molecule has 0 aliphatic carbocycles. The minimum atomic E-state index is -0.136. The maximum Gasteiger partial charge on any atom is 0.253 e. The van der Waals surface area contributed by atoms with Gasteiger partial charge in [-0.2, -0.15) is 0 Å². The summed E-state index contributed by atoms with van der Waals surface area (Å²) in [5, 5.41) is 3.58. The predicted octanol–water partition coefficient (Wildman–Crippen LogP) is 3.83. The first-order valence-electron chi connectivity index (χ1n) is 9.81. The number of nitrogens with zero attached hydrogens (tertiary/aromatic N) is 3. The minimum Gasteiger partial charge on any atom is -0.349 e. The number of amides is 2. The van der Waals surface area contributed by atoms with Crippen LogP contribution in [0.5, 0.6) is 0 Å². The van der Waals surface area contributed by atoms with Gasteiger partial charge in [-0.25, -0.2) is 9.97 Å². The van der Waals surface area contributed by atoms with Gasteiger partial charge in [0, 0.05) is 53.2 Å². The third kappa shape index (κ3) is 4.66. The third-order valence-electron chi connectivity index (χ3n) is 5.23. The molecule has 1 aliphatic rings. The average molecular weight is 421 g/mol. The number of hydrogen-bond acceptors (Lipinski definition) is 4. The molecule has 1 saturated heterocycles. The number of halogens is 1. The molecule has 1 fully saturated rings. The molecular formula is C23H21ClN4O2. The Morgan fingerprint density at radius 1 is 0.933 bits per heavy atom. The van der Waals surface area contributed by atoms with Crippen molar-refractivity contribution in [1.29, 1.82) is 0 Å². The average Bonchev–Trinajstić information content (AvgIpc) is 2.80. The van der Waals surface area contributed by atoms with Crippen molar-refractivity contribution in [1.82, 2.24) is 20.2 Å². The van der Waals surface area contributed by atoms with Gasteiger partial charge in [-0.15, -0.1) is 0 Å². The fourth-order valence-electron chi connectivity index (χ4n) is 3.56. The lowest BCUT2D eigenvalue weighted by molar-refractivity contribution is 0.0698. The van der Waals surface area contributed by atoms with Crippen LogP contribution in [0.2, 0.25) is 5.02 Å². The van der Waals surface area contributed by atoms with Crippen molar-refractivity contribution >= 4 is 23.4 Å². The molecule has 30 heavy (non-hydrogen) atoms. The molecule has 0 radical (unpaired) electrons. The van der Waals surface area contributed by atoms with Crippen LogP contribution in [0.4, 0.5) is 0 Å². The van der Waals surface area contributed by atoms with Crippen molar-refractivity contribution in [2.45, 2.75) is 18.9 Å². The topological polar surface area (TPSA) is 75.2 Å². The molecule has 7 heteroatoms. The maximum atomic E-state index is 12.8.